The van der Waals surface area contributed by atoms with E-state index in [9.17, 15) is 0 Å². The second kappa shape index (κ2) is 5.13. The largest absolute Gasteiger partial charge is 0.399 e. The van der Waals surface area contributed by atoms with Gasteiger partial charge in [-0.05, 0) is 18.6 Å². The molecule has 0 aliphatic rings. The third-order valence-corrected chi connectivity index (χ3v) is 2.31. The van der Waals surface area contributed by atoms with E-state index in [0.717, 1.165) is 18.7 Å². The zero-order valence-electron chi connectivity index (χ0n) is 7.69. The van der Waals surface area contributed by atoms with Gasteiger partial charge >= 0.3 is 0 Å². The summed E-state index contributed by atoms with van der Waals surface area (Å²) < 4.78 is 0. The number of nitrogen functional groups attached to an aromatic ring is 1. The van der Waals surface area contributed by atoms with Crippen LogP contribution in [0.3, 0.4) is 0 Å². The third-order valence-electron chi connectivity index (χ3n) is 1.71. The lowest BCUT2D eigenvalue weighted by Crippen LogP contribution is -2.01. The standard InChI is InChI=1S/C10H12Cl2N2/c1-2-3-4-14-10-8(11)5-7(13)6-9(10)12/h2,5-6,14H,1,3-4,13H2. The van der Waals surface area contributed by atoms with E-state index in [1.165, 1.54) is 0 Å². The molecule has 0 radical (unpaired) electrons. The van der Waals surface area contributed by atoms with E-state index in [1.807, 2.05) is 6.08 Å². The SMILES string of the molecule is C=CCCNc1c(Cl)cc(N)cc1Cl. The molecular weight excluding hydrogens is 219 g/mol. The van der Waals surface area contributed by atoms with Gasteiger partial charge in [0.05, 0.1) is 15.7 Å². The van der Waals surface area contributed by atoms with Crippen LogP contribution in [0.1, 0.15) is 6.42 Å². The molecule has 3 N–H and O–H groups in total. The van der Waals surface area contributed by atoms with Crippen LogP contribution in [0.5, 0.6) is 0 Å². The minimum atomic E-state index is 0.541. The highest BCUT2D eigenvalue weighted by Gasteiger charge is 2.05. The van der Waals surface area contributed by atoms with Crippen LogP contribution < -0.4 is 11.1 Å². The number of anilines is 2. The van der Waals surface area contributed by atoms with Gasteiger partial charge < -0.3 is 11.1 Å². The third kappa shape index (κ3) is 2.82. The lowest BCUT2D eigenvalue weighted by molar-refractivity contribution is 1.07. The molecule has 0 spiro atoms. The maximum atomic E-state index is 5.96. The summed E-state index contributed by atoms with van der Waals surface area (Å²) in [6.07, 6.45) is 2.68. The Morgan fingerprint density at radius 1 is 1.36 bits per heavy atom. The van der Waals surface area contributed by atoms with E-state index in [4.69, 9.17) is 28.9 Å². The van der Waals surface area contributed by atoms with Gasteiger partial charge in [0.2, 0.25) is 0 Å². The lowest BCUT2D eigenvalue weighted by atomic mass is 10.2. The molecule has 14 heavy (non-hydrogen) atoms. The zero-order valence-corrected chi connectivity index (χ0v) is 9.20. The summed E-state index contributed by atoms with van der Waals surface area (Å²) in [4.78, 5) is 0. The quantitative estimate of drug-likeness (QED) is 0.472. The molecule has 0 fully saturated rings. The van der Waals surface area contributed by atoms with E-state index in [1.54, 1.807) is 12.1 Å². The summed E-state index contributed by atoms with van der Waals surface area (Å²) in [5, 5.41) is 4.20. The van der Waals surface area contributed by atoms with Gasteiger partial charge in [-0.1, -0.05) is 29.3 Å². The summed E-state index contributed by atoms with van der Waals surface area (Å²) >= 11 is 11.9. The van der Waals surface area contributed by atoms with E-state index in [2.05, 4.69) is 11.9 Å². The fraction of sp³-hybridized carbons (Fsp3) is 0.200. The average Bonchev–Trinajstić information content (AvgIpc) is 2.09. The highest BCUT2D eigenvalue weighted by Crippen LogP contribution is 2.32. The van der Waals surface area contributed by atoms with Gasteiger partial charge in [-0.25, -0.2) is 0 Å². The molecular formula is C10H12Cl2N2. The molecule has 0 bridgehead atoms. The van der Waals surface area contributed by atoms with E-state index >= 15 is 0 Å². The van der Waals surface area contributed by atoms with Gasteiger partial charge in [-0.15, -0.1) is 6.58 Å². The fourth-order valence-electron chi connectivity index (χ4n) is 1.06. The number of hydrogen-bond acceptors (Lipinski definition) is 2. The fourth-order valence-corrected chi connectivity index (χ4v) is 1.70. The van der Waals surface area contributed by atoms with Crippen LogP contribution >= 0.6 is 23.2 Å². The van der Waals surface area contributed by atoms with Crippen LogP contribution in [-0.4, -0.2) is 6.54 Å². The first-order valence-corrected chi connectivity index (χ1v) is 5.00. The van der Waals surface area contributed by atoms with Gasteiger partial charge in [0, 0.05) is 12.2 Å². The van der Waals surface area contributed by atoms with Crippen molar-refractivity contribution in [2.24, 2.45) is 0 Å². The molecule has 1 aromatic rings. The molecule has 0 aliphatic carbocycles. The molecule has 76 valence electrons. The van der Waals surface area contributed by atoms with Crippen molar-refractivity contribution in [2.75, 3.05) is 17.6 Å². The summed E-state index contributed by atoms with van der Waals surface area (Å²) in [5.74, 6) is 0. The Labute approximate surface area is 93.7 Å². The Balaban J connectivity index is 2.80. The zero-order chi connectivity index (χ0) is 10.6. The summed E-state index contributed by atoms with van der Waals surface area (Å²) in [5.41, 5.74) is 6.86. The van der Waals surface area contributed by atoms with E-state index in [-0.39, 0.29) is 0 Å². The molecule has 0 heterocycles. The first kappa shape index (κ1) is 11.2. The highest BCUT2D eigenvalue weighted by molar-refractivity contribution is 6.39. The van der Waals surface area contributed by atoms with Crippen molar-refractivity contribution in [3.63, 3.8) is 0 Å². The molecule has 0 saturated heterocycles. The van der Waals surface area contributed by atoms with Gasteiger partial charge in [0.15, 0.2) is 0 Å². The second-order valence-electron chi connectivity index (χ2n) is 2.86. The smallest absolute Gasteiger partial charge is 0.0720 e. The Hall–Kier alpha value is -0.860. The van der Waals surface area contributed by atoms with Crippen molar-refractivity contribution in [3.05, 3.63) is 34.8 Å². The van der Waals surface area contributed by atoms with Crippen molar-refractivity contribution in [1.82, 2.24) is 0 Å². The van der Waals surface area contributed by atoms with Crippen molar-refractivity contribution in [1.29, 1.82) is 0 Å². The summed E-state index contributed by atoms with van der Waals surface area (Å²) in [6.45, 7) is 4.38. The molecule has 2 nitrogen and oxygen atoms in total. The number of nitrogens with two attached hydrogens (primary N) is 1. The molecule has 1 aromatic carbocycles. The van der Waals surface area contributed by atoms with Crippen molar-refractivity contribution in [2.45, 2.75) is 6.42 Å². The minimum absolute atomic E-state index is 0.541. The maximum absolute atomic E-state index is 5.96. The molecule has 0 amide bonds. The molecule has 4 heteroatoms. The van der Waals surface area contributed by atoms with Gasteiger partial charge in [-0.2, -0.15) is 0 Å². The van der Waals surface area contributed by atoms with Crippen LogP contribution in [0.2, 0.25) is 10.0 Å². The second-order valence-corrected chi connectivity index (χ2v) is 3.68. The maximum Gasteiger partial charge on any atom is 0.0720 e. The van der Waals surface area contributed by atoms with Gasteiger partial charge in [0.1, 0.15) is 0 Å². The molecule has 0 atom stereocenters. The molecule has 0 saturated carbocycles. The van der Waals surface area contributed by atoms with Crippen molar-refractivity contribution in [3.8, 4) is 0 Å². The van der Waals surface area contributed by atoms with E-state index < -0.39 is 0 Å². The monoisotopic (exact) mass is 230 g/mol. The van der Waals surface area contributed by atoms with Gasteiger partial charge in [0.25, 0.3) is 0 Å². The number of rotatable bonds is 4. The Morgan fingerprint density at radius 3 is 2.43 bits per heavy atom. The molecule has 0 unspecified atom stereocenters. The molecule has 1 rings (SSSR count). The number of nitrogens with one attached hydrogen (secondary N) is 1. The first-order valence-electron chi connectivity index (χ1n) is 4.24. The lowest BCUT2D eigenvalue weighted by Gasteiger charge is -2.10. The Morgan fingerprint density at radius 2 is 1.93 bits per heavy atom. The predicted octanol–water partition coefficient (Wildman–Crippen LogP) is 3.56. The number of benzene rings is 1. The first-order chi connectivity index (χ1) is 6.65. The van der Waals surface area contributed by atoms with Crippen LogP contribution in [0, 0.1) is 0 Å². The van der Waals surface area contributed by atoms with Gasteiger partial charge in [-0.3, -0.25) is 0 Å². The minimum Gasteiger partial charge on any atom is -0.399 e. The van der Waals surface area contributed by atoms with Crippen molar-refractivity contribution < 1.29 is 0 Å². The Bertz CT molecular complexity index is 314. The Kier molecular flexibility index (Phi) is 4.11. The van der Waals surface area contributed by atoms with E-state index in [0.29, 0.717) is 15.7 Å². The highest BCUT2D eigenvalue weighted by atomic mass is 35.5. The molecule has 0 aromatic heterocycles. The number of halogens is 2. The average molecular weight is 231 g/mol. The van der Waals surface area contributed by atoms with Crippen LogP contribution in [0.25, 0.3) is 0 Å². The van der Waals surface area contributed by atoms with Crippen molar-refractivity contribution >= 4 is 34.6 Å². The molecule has 0 aliphatic heterocycles. The van der Waals surface area contributed by atoms with Crippen LogP contribution in [-0.2, 0) is 0 Å². The normalized spacial score (nSPS) is 9.86. The summed E-state index contributed by atoms with van der Waals surface area (Å²) in [6, 6.07) is 3.34. The predicted molar refractivity (Wildman–Crippen MR) is 64.2 cm³/mol. The van der Waals surface area contributed by atoms with Crippen LogP contribution in [0.15, 0.2) is 24.8 Å². The topological polar surface area (TPSA) is 38.0 Å². The van der Waals surface area contributed by atoms with Crippen LogP contribution in [0.4, 0.5) is 11.4 Å². The number of hydrogen-bond donors (Lipinski definition) is 2. The summed E-state index contributed by atoms with van der Waals surface area (Å²) in [7, 11) is 0.